The van der Waals surface area contributed by atoms with Crippen LogP contribution in [-0.4, -0.2) is 110 Å². The van der Waals surface area contributed by atoms with Crippen molar-refractivity contribution < 1.29 is 82.3 Å². The number of ketones is 3. The molecule has 0 aliphatic carbocycles. The number of benzene rings is 7. The second-order valence-electron chi connectivity index (χ2n) is 29.8. The van der Waals surface area contributed by atoms with Crippen molar-refractivity contribution >= 4 is 89.5 Å². The first-order valence-corrected chi connectivity index (χ1v) is 45.3. The summed E-state index contributed by atoms with van der Waals surface area (Å²) in [4.78, 5) is 89.1. The van der Waals surface area contributed by atoms with E-state index in [0.29, 0.717) is 113 Å². The summed E-state index contributed by atoms with van der Waals surface area (Å²) in [5.74, 6) is -10.7. The number of hydrogen-bond donors (Lipinski definition) is 0. The molecular weight excluding hydrogens is 1540 g/mol. The number of piperidine rings is 3. The van der Waals surface area contributed by atoms with Crippen molar-refractivity contribution in [3.63, 3.8) is 0 Å². The molecule has 3 aliphatic heterocycles. The SMILES string of the molecule is CCP(=O)(CC)c1ccccc1-c1cc(F)c(N2CCC[C@@H](CC(=O)Cc3ncc(C)cc3F)C2=O)c(F)c1.CCP(=O)(CC)c1ccccc1-c1ccc(N2CCC[C@@H](CC(=O)Cc3ncc(C)cc3F)C2=O)c(F)c1F.COc1ccc(CC(=O)C[C@@H]2CCCN(c3c(F)cc(-c4ccccc4P(C)(C)=O)cc3F)C2=O)cc1. The van der Waals surface area contributed by atoms with Crippen molar-refractivity contribution in [2.45, 2.75) is 119 Å². The van der Waals surface area contributed by atoms with E-state index in [0.717, 1.165) is 15.4 Å². The molecule has 3 fully saturated rings. The molecule has 115 heavy (non-hydrogen) atoms. The maximum absolute atomic E-state index is 15.5. The van der Waals surface area contributed by atoms with Crippen LogP contribution in [-0.2, 0) is 61.7 Å². The van der Waals surface area contributed by atoms with E-state index in [2.05, 4.69) is 9.97 Å². The van der Waals surface area contributed by atoms with Crippen molar-refractivity contribution in [2.75, 3.05) is 79.4 Å². The average Bonchev–Trinajstić information content (AvgIpc) is 0.775. The Morgan fingerprint density at radius 3 is 1.20 bits per heavy atom. The number of aromatic nitrogens is 2. The van der Waals surface area contributed by atoms with Gasteiger partial charge in [0.25, 0.3) is 0 Å². The fourth-order valence-corrected chi connectivity index (χ4v) is 20.7. The number of pyridine rings is 2. The molecule has 12 rings (SSSR count). The maximum Gasteiger partial charge on any atom is 0.230 e. The van der Waals surface area contributed by atoms with Gasteiger partial charge in [-0.1, -0.05) is 113 Å². The minimum atomic E-state index is -2.79. The van der Waals surface area contributed by atoms with Crippen molar-refractivity contribution in [2.24, 2.45) is 17.8 Å². The zero-order chi connectivity index (χ0) is 83.4. The first-order valence-electron chi connectivity index (χ1n) is 38.6. The number of halogens is 8. The topological polar surface area (TPSA) is 198 Å². The Hall–Kier alpha value is -9.81. The Morgan fingerprint density at radius 2 is 0.800 bits per heavy atom. The number of Topliss-reactive ketones (excluding diaryl/α,β-unsaturated/α-hetero) is 3. The summed E-state index contributed by atoms with van der Waals surface area (Å²) in [6.07, 6.45) is 6.77. The molecule has 0 unspecified atom stereocenters. The minimum Gasteiger partial charge on any atom is -0.497 e. The molecule has 3 saturated heterocycles. The smallest absolute Gasteiger partial charge is 0.230 e. The third-order valence-electron chi connectivity index (χ3n) is 21.5. The summed E-state index contributed by atoms with van der Waals surface area (Å²) >= 11 is 0. The molecule has 0 bridgehead atoms. The first-order chi connectivity index (χ1) is 54.7. The second kappa shape index (κ2) is 38.3. The lowest BCUT2D eigenvalue weighted by Crippen LogP contribution is -2.43. The molecule has 7 aromatic carbocycles. The number of ether oxygens (including phenoxy) is 1. The van der Waals surface area contributed by atoms with Crippen LogP contribution >= 0.6 is 21.4 Å². The van der Waals surface area contributed by atoms with Crippen LogP contribution in [0.1, 0.15) is 114 Å². The lowest BCUT2D eigenvalue weighted by Gasteiger charge is -2.32. The highest BCUT2D eigenvalue weighted by Gasteiger charge is 2.39. The Kier molecular flexibility index (Phi) is 29.2. The van der Waals surface area contributed by atoms with Gasteiger partial charge >= 0.3 is 0 Å². The number of methoxy groups -OCH3 is 1. The van der Waals surface area contributed by atoms with E-state index < -0.39 is 115 Å². The quantitative estimate of drug-likeness (QED) is 0.0368. The van der Waals surface area contributed by atoms with Gasteiger partial charge in [0, 0.05) is 122 Å². The Balaban J connectivity index is 0.000000182. The van der Waals surface area contributed by atoms with Crippen LogP contribution in [0.15, 0.2) is 158 Å². The van der Waals surface area contributed by atoms with Crippen LogP contribution in [0, 0.1) is 78.1 Å². The summed E-state index contributed by atoms with van der Waals surface area (Å²) < 4.78 is 166. The van der Waals surface area contributed by atoms with Crippen LogP contribution in [0.2, 0.25) is 0 Å². The Morgan fingerprint density at radius 1 is 0.435 bits per heavy atom. The fourth-order valence-electron chi connectivity index (χ4n) is 15.2. The molecule has 2 aromatic heterocycles. The number of rotatable bonds is 26. The largest absolute Gasteiger partial charge is 0.497 e. The number of aryl methyl sites for hydroxylation is 2. The third-order valence-corrected chi connectivity index (χ3v) is 29.7. The molecule has 3 aliphatic rings. The number of nitrogens with zero attached hydrogens (tertiary/aromatic N) is 5. The van der Waals surface area contributed by atoms with Crippen molar-refractivity contribution in [1.29, 1.82) is 0 Å². The van der Waals surface area contributed by atoms with E-state index in [9.17, 15) is 51.2 Å². The highest BCUT2D eigenvalue weighted by molar-refractivity contribution is 7.72. The first kappa shape index (κ1) is 87.6. The van der Waals surface area contributed by atoms with Gasteiger partial charge in [-0.3, -0.25) is 38.7 Å². The summed E-state index contributed by atoms with van der Waals surface area (Å²) in [5, 5.41) is 1.62. The Bertz CT molecular complexity index is 5250. The third kappa shape index (κ3) is 20.5. The van der Waals surface area contributed by atoms with Gasteiger partial charge < -0.3 is 33.1 Å². The molecule has 0 saturated carbocycles. The number of carbonyl (C=O) groups excluding carboxylic acids is 6. The summed E-state index contributed by atoms with van der Waals surface area (Å²) in [7, 11) is -6.66. The van der Waals surface area contributed by atoms with Crippen molar-refractivity contribution in [1.82, 2.24) is 9.97 Å². The van der Waals surface area contributed by atoms with Gasteiger partial charge in [0.2, 0.25) is 17.7 Å². The molecular formula is C89H94F8N5O10P3. The van der Waals surface area contributed by atoms with E-state index in [4.69, 9.17) is 4.74 Å². The monoisotopic (exact) mass is 1640 g/mol. The van der Waals surface area contributed by atoms with Crippen molar-refractivity contribution in [3.8, 4) is 39.1 Å². The van der Waals surface area contributed by atoms with E-state index in [1.807, 2.05) is 27.7 Å². The molecule has 9 aromatic rings. The number of hydrogen-bond acceptors (Lipinski definition) is 12. The normalized spacial score (nSPS) is 16.0. The van der Waals surface area contributed by atoms with Crippen LogP contribution in [0.3, 0.4) is 0 Å². The van der Waals surface area contributed by atoms with E-state index in [1.165, 1.54) is 65.8 Å². The van der Waals surface area contributed by atoms with Crippen LogP contribution in [0.25, 0.3) is 33.4 Å². The lowest BCUT2D eigenvalue weighted by molar-refractivity contribution is -0.128. The zero-order valence-corrected chi connectivity index (χ0v) is 68.5. The molecule has 26 heteroatoms. The molecule has 0 spiro atoms. The van der Waals surface area contributed by atoms with E-state index >= 15 is 26.3 Å². The van der Waals surface area contributed by atoms with Gasteiger partial charge in [0.15, 0.2) is 34.9 Å². The number of carbonyl (C=O) groups is 6. The van der Waals surface area contributed by atoms with E-state index in [1.54, 1.807) is 131 Å². The predicted molar refractivity (Wildman–Crippen MR) is 437 cm³/mol. The molecule has 606 valence electrons. The van der Waals surface area contributed by atoms with Gasteiger partial charge in [-0.25, -0.2) is 35.1 Å². The van der Waals surface area contributed by atoms with E-state index in [-0.39, 0.29) is 109 Å². The van der Waals surface area contributed by atoms with Crippen molar-refractivity contribution in [3.05, 3.63) is 233 Å². The number of anilines is 3. The molecule has 15 nitrogen and oxygen atoms in total. The van der Waals surface area contributed by atoms with Gasteiger partial charge in [-0.15, -0.1) is 0 Å². The highest BCUT2D eigenvalue weighted by atomic mass is 31.2. The molecule has 5 heterocycles. The summed E-state index contributed by atoms with van der Waals surface area (Å²) in [6, 6.07) is 37.7. The van der Waals surface area contributed by atoms with Crippen LogP contribution in [0.4, 0.5) is 52.2 Å². The van der Waals surface area contributed by atoms with Gasteiger partial charge in [-0.05, 0) is 171 Å². The second-order valence-corrected chi connectivity index (χ2v) is 40.0. The van der Waals surface area contributed by atoms with Gasteiger partial charge in [0.05, 0.1) is 37.0 Å². The molecule has 3 atom stereocenters. The predicted octanol–water partition coefficient (Wildman–Crippen LogP) is 18.7. The average molecular weight is 1640 g/mol. The van der Waals surface area contributed by atoms with Crippen LogP contribution < -0.4 is 35.4 Å². The molecule has 0 N–H and O–H groups in total. The minimum absolute atomic E-state index is 0.00867. The number of amides is 3. The lowest BCUT2D eigenvalue weighted by atomic mass is 9.90. The van der Waals surface area contributed by atoms with Gasteiger partial charge in [0.1, 0.15) is 67.5 Å². The van der Waals surface area contributed by atoms with Gasteiger partial charge in [-0.2, -0.15) is 0 Å². The zero-order valence-electron chi connectivity index (χ0n) is 65.9. The standard InChI is InChI=1S/2C30H32F3N2O3P.C29H30F2NO4P/c1-4-39(38,5-2)27-11-7-6-10-22(27)23-12-13-26(29(33)28(23)32)35-14-8-9-20(30(35)37)16-21(36)17-25-24(31)15-19(3)18-34-25;1-4-39(38,5-2)28-11-7-6-10-23(28)21-15-25(32)29(26(33)16-21)35-12-8-9-20(30(35)37)14-22(36)17-27-24(31)13-19(3)18-34-27;1-36-23-12-10-19(11-13-23)15-22(33)16-20-7-6-14-32(29(20)34)28-25(30)17-21(18-26(28)31)24-8-4-5-9-27(24)37(2,3)35/h6-7,10-13,15,18,20H,4-5,8-9,14,16-17H2,1-3H3;6-7,10-11,13,15-16,18,20H,4-5,8-9,12,14,17H2,1-3H3;4-5,8-13,17-18,20H,6-7,14-16H2,1-3H3/t3*20-/m000/s1. The Labute approximate surface area is 665 Å². The molecule has 3 amide bonds. The highest BCUT2D eigenvalue weighted by Crippen LogP contribution is 2.49. The molecule has 0 radical (unpaired) electrons. The maximum atomic E-state index is 15.5. The van der Waals surface area contributed by atoms with Crippen LogP contribution in [0.5, 0.6) is 5.75 Å². The summed E-state index contributed by atoms with van der Waals surface area (Å²) in [6.45, 7) is 14.4. The summed E-state index contributed by atoms with van der Waals surface area (Å²) in [5.41, 5.74) is 2.89. The fraction of sp³-hybridized carbons (Fsp3) is 0.348.